The van der Waals surface area contributed by atoms with Crippen molar-refractivity contribution in [3.63, 3.8) is 0 Å². The first-order valence-electron chi connectivity index (χ1n) is 3.53. The van der Waals surface area contributed by atoms with Gasteiger partial charge in [0.1, 0.15) is 6.17 Å². The first-order valence-corrected chi connectivity index (χ1v) is 3.53. The minimum atomic E-state index is -0.840. The van der Waals surface area contributed by atoms with Gasteiger partial charge in [0.25, 0.3) is 0 Å². The summed E-state index contributed by atoms with van der Waals surface area (Å²) in [5.74, 6) is -0.274. The first-order chi connectivity index (χ1) is 4.79. The lowest BCUT2D eigenvalue weighted by Gasteiger charge is -2.30. The van der Waals surface area contributed by atoms with Crippen LogP contribution < -0.4 is 0 Å². The number of nitrogens with zero attached hydrogens (tertiary/aromatic N) is 1. The smallest absolute Gasteiger partial charge is 0.228 e. The van der Waals surface area contributed by atoms with Crippen LogP contribution in [0.15, 0.2) is 0 Å². The second-order valence-corrected chi connectivity index (χ2v) is 2.89. The van der Waals surface area contributed by atoms with Crippen LogP contribution in [0.1, 0.15) is 6.42 Å². The Hall–Kier alpha value is -0.600. The molecule has 2 aliphatic rings. The van der Waals surface area contributed by atoms with Gasteiger partial charge in [0.15, 0.2) is 0 Å². The Labute approximate surface area is 59.0 Å². The molecule has 0 aromatic heterocycles. The lowest BCUT2D eigenvalue weighted by atomic mass is 10.2. The van der Waals surface area contributed by atoms with E-state index in [0.717, 1.165) is 13.1 Å². The molecule has 3 heteroatoms. The van der Waals surface area contributed by atoms with Crippen molar-refractivity contribution < 1.29 is 9.18 Å². The van der Waals surface area contributed by atoms with Gasteiger partial charge in [-0.25, -0.2) is 4.39 Å². The zero-order valence-electron chi connectivity index (χ0n) is 5.59. The second kappa shape index (κ2) is 1.94. The van der Waals surface area contributed by atoms with Crippen LogP contribution in [0.25, 0.3) is 0 Å². The van der Waals surface area contributed by atoms with E-state index in [2.05, 4.69) is 0 Å². The number of alkyl halides is 1. The molecule has 10 heavy (non-hydrogen) atoms. The third kappa shape index (κ3) is 0.805. The lowest BCUT2D eigenvalue weighted by molar-refractivity contribution is -0.134. The molecule has 0 bridgehead atoms. The maximum atomic E-state index is 12.3. The van der Waals surface area contributed by atoms with E-state index in [4.69, 9.17) is 0 Å². The van der Waals surface area contributed by atoms with E-state index in [-0.39, 0.29) is 11.8 Å². The van der Waals surface area contributed by atoms with Gasteiger partial charge in [-0.05, 0) is 6.42 Å². The highest BCUT2D eigenvalue weighted by Crippen LogP contribution is 2.36. The van der Waals surface area contributed by atoms with Gasteiger partial charge in [-0.1, -0.05) is 0 Å². The van der Waals surface area contributed by atoms with Crippen LogP contribution in [0.2, 0.25) is 0 Å². The molecule has 2 nitrogen and oxygen atoms in total. The van der Waals surface area contributed by atoms with Gasteiger partial charge in [-0.2, -0.15) is 0 Å². The molecule has 1 saturated heterocycles. The van der Waals surface area contributed by atoms with Gasteiger partial charge < -0.3 is 4.90 Å². The number of amides is 1. The summed E-state index contributed by atoms with van der Waals surface area (Å²) in [6, 6.07) is 0. The molecule has 2 atom stereocenters. The van der Waals surface area contributed by atoms with Crippen molar-refractivity contribution in [2.24, 2.45) is 5.92 Å². The fraction of sp³-hybridized carbons (Fsp3) is 0.714. The number of carbonyl (C=O) groups excluding carboxylic acids is 1. The second-order valence-electron chi connectivity index (χ2n) is 2.89. The van der Waals surface area contributed by atoms with Crippen LogP contribution in [-0.2, 0) is 4.79 Å². The number of rotatable bonds is 1. The van der Waals surface area contributed by atoms with Crippen LogP contribution in [-0.4, -0.2) is 30.1 Å². The number of halogens is 1. The molecule has 0 aromatic rings. The Kier molecular flexibility index (Phi) is 1.19. The molecule has 1 aliphatic carbocycles. The molecule has 0 N–H and O–H groups in total. The molecule has 1 radical (unpaired) electrons. The Morgan fingerprint density at radius 3 is 2.50 bits per heavy atom. The van der Waals surface area contributed by atoms with Crippen LogP contribution >= 0.6 is 0 Å². The molecule has 2 rings (SSSR count). The Bertz CT molecular complexity index is 160. The van der Waals surface area contributed by atoms with E-state index in [9.17, 15) is 9.18 Å². The van der Waals surface area contributed by atoms with Crippen LogP contribution in [0.3, 0.4) is 0 Å². The summed E-state index contributed by atoms with van der Waals surface area (Å²) in [6.45, 7) is 1.45. The first kappa shape index (κ1) is 6.13. The standard InChI is InChI=1S/C7H9FNO/c8-6-4-5(6)7(10)9-2-1-3-9/h1,5-6H,2-4H2/t5-,6-/m1/s1. The summed E-state index contributed by atoms with van der Waals surface area (Å²) in [4.78, 5) is 12.7. The summed E-state index contributed by atoms with van der Waals surface area (Å²) in [7, 11) is 0. The van der Waals surface area contributed by atoms with Crippen molar-refractivity contribution in [1.82, 2.24) is 4.90 Å². The van der Waals surface area contributed by atoms with Crippen molar-refractivity contribution in [3.8, 4) is 0 Å². The average Bonchev–Trinajstić information content (AvgIpc) is 2.41. The highest BCUT2D eigenvalue weighted by molar-refractivity contribution is 5.83. The Morgan fingerprint density at radius 2 is 2.20 bits per heavy atom. The molecular formula is C7H9FNO. The molecule has 0 aromatic carbocycles. The van der Waals surface area contributed by atoms with Crippen molar-refractivity contribution in [2.75, 3.05) is 13.1 Å². The summed E-state index contributed by atoms with van der Waals surface area (Å²) in [5.41, 5.74) is 0. The topological polar surface area (TPSA) is 20.3 Å². The molecule has 1 saturated carbocycles. The third-order valence-corrected chi connectivity index (χ3v) is 2.04. The summed E-state index contributed by atoms with van der Waals surface area (Å²) < 4.78 is 12.3. The number of likely N-dealkylation sites (tertiary alicyclic amines) is 1. The summed E-state index contributed by atoms with van der Waals surface area (Å²) in [6.07, 6.45) is 1.62. The Morgan fingerprint density at radius 1 is 1.60 bits per heavy atom. The predicted molar refractivity (Wildman–Crippen MR) is 33.9 cm³/mol. The maximum absolute atomic E-state index is 12.3. The van der Waals surface area contributed by atoms with Gasteiger partial charge in [-0.15, -0.1) is 0 Å². The normalized spacial score (nSPS) is 37.1. The highest BCUT2D eigenvalue weighted by atomic mass is 19.1. The highest BCUT2D eigenvalue weighted by Gasteiger charge is 2.46. The molecule has 55 valence electrons. The van der Waals surface area contributed by atoms with E-state index in [1.54, 1.807) is 4.90 Å². The molecule has 1 heterocycles. The monoisotopic (exact) mass is 142 g/mol. The molecule has 0 unspecified atom stereocenters. The van der Waals surface area contributed by atoms with Gasteiger partial charge in [0, 0.05) is 19.5 Å². The minimum Gasteiger partial charge on any atom is -0.342 e. The maximum Gasteiger partial charge on any atom is 0.228 e. The van der Waals surface area contributed by atoms with E-state index >= 15 is 0 Å². The fourth-order valence-corrected chi connectivity index (χ4v) is 1.09. The lowest BCUT2D eigenvalue weighted by Crippen LogP contribution is -2.43. The van der Waals surface area contributed by atoms with Crippen LogP contribution in [0.5, 0.6) is 0 Å². The van der Waals surface area contributed by atoms with Gasteiger partial charge in [0.2, 0.25) is 5.91 Å². The number of carbonyl (C=O) groups is 1. The van der Waals surface area contributed by atoms with Crippen molar-refractivity contribution in [1.29, 1.82) is 0 Å². The van der Waals surface area contributed by atoms with Crippen LogP contribution in [0, 0.1) is 12.3 Å². The summed E-state index contributed by atoms with van der Waals surface area (Å²) >= 11 is 0. The van der Waals surface area contributed by atoms with E-state index in [1.165, 1.54) is 0 Å². The van der Waals surface area contributed by atoms with Crippen LogP contribution in [0.4, 0.5) is 4.39 Å². The van der Waals surface area contributed by atoms with Gasteiger partial charge in [0.05, 0.1) is 5.92 Å². The van der Waals surface area contributed by atoms with E-state index < -0.39 is 6.17 Å². The predicted octanol–water partition coefficient (Wildman–Crippen LogP) is 0.391. The van der Waals surface area contributed by atoms with Crippen molar-refractivity contribution in [3.05, 3.63) is 6.42 Å². The molecule has 1 amide bonds. The zero-order chi connectivity index (χ0) is 7.14. The number of hydrogen-bond donors (Lipinski definition) is 0. The van der Waals surface area contributed by atoms with Gasteiger partial charge >= 0.3 is 0 Å². The largest absolute Gasteiger partial charge is 0.342 e. The van der Waals surface area contributed by atoms with E-state index in [0.29, 0.717) is 6.42 Å². The van der Waals surface area contributed by atoms with Crippen molar-refractivity contribution >= 4 is 5.91 Å². The minimum absolute atomic E-state index is 0.00926. The van der Waals surface area contributed by atoms with Gasteiger partial charge in [-0.3, -0.25) is 4.79 Å². The van der Waals surface area contributed by atoms with E-state index in [1.807, 2.05) is 6.42 Å². The quantitative estimate of drug-likeness (QED) is 0.518. The number of hydrogen-bond acceptors (Lipinski definition) is 1. The SMILES string of the molecule is O=C([C@@H]1C[C@H]1F)N1C[CH]C1. The molecule has 1 aliphatic heterocycles. The Balaban J connectivity index is 1.87. The average molecular weight is 142 g/mol. The summed E-state index contributed by atoms with van der Waals surface area (Å²) in [5, 5.41) is 0. The van der Waals surface area contributed by atoms with Crippen molar-refractivity contribution in [2.45, 2.75) is 12.6 Å². The zero-order valence-corrected chi connectivity index (χ0v) is 5.59. The molecular weight excluding hydrogens is 133 g/mol. The molecule has 2 fully saturated rings. The fourth-order valence-electron chi connectivity index (χ4n) is 1.09. The third-order valence-electron chi connectivity index (χ3n) is 2.04. The molecule has 0 spiro atoms.